The second-order valence-electron chi connectivity index (χ2n) is 5.18. The molecule has 0 amide bonds. The Morgan fingerprint density at radius 2 is 2.39 bits per heavy atom. The van der Waals surface area contributed by atoms with Gasteiger partial charge in [-0.1, -0.05) is 24.9 Å². The van der Waals surface area contributed by atoms with E-state index in [1.54, 1.807) is 0 Å². The van der Waals surface area contributed by atoms with Gasteiger partial charge in [-0.2, -0.15) is 0 Å². The number of unbranched alkanes of at least 4 members (excludes halogenated alkanes) is 1. The van der Waals surface area contributed by atoms with Crippen molar-refractivity contribution >= 4 is 11.6 Å². The number of hydrogen-bond acceptors (Lipinski definition) is 3. The number of nitrogens with two attached hydrogens (primary N) is 1. The van der Waals surface area contributed by atoms with Crippen molar-refractivity contribution in [2.24, 2.45) is 11.7 Å². The highest BCUT2D eigenvalue weighted by atomic mass is 35.5. The van der Waals surface area contributed by atoms with Crippen LogP contribution in [0.4, 0.5) is 0 Å². The third-order valence-corrected chi connectivity index (χ3v) is 3.94. The summed E-state index contributed by atoms with van der Waals surface area (Å²) in [6, 6.07) is 0. The van der Waals surface area contributed by atoms with Gasteiger partial charge in [0.15, 0.2) is 5.15 Å². The molecule has 0 aromatic carbocycles. The van der Waals surface area contributed by atoms with Crippen LogP contribution in [-0.2, 0) is 13.0 Å². The minimum Gasteiger partial charge on any atom is -0.344 e. The first-order valence-electron chi connectivity index (χ1n) is 6.88. The van der Waals surface area contributed by atoms with Crippen LogP contribution < -0.4 is 5.73 Å². The van der Waals surface area contributed by atoms with Gasteiger partial charge < -0.3 is 10.7 Å². The van der Waals surface area contributed by atoms with E-state index in [0.717, 1.165) is 50.5 Å². The van der Waals surface area contributed by atoms with Gasteiger partial charge in [-0.25, -0.2) is 4.98 Å². The summed E-state index contributed by atoms with van der Waals surface area (Å²) in [6.07, 6.45) is 4.52. The van der Waals surface area contributed by atoms with E-state index in [9.17, 15) is 0 Å². The van der Waals surface area contributed by atoms with Crippen LogP contribution in [0.15, 0.2) is 0 Å². The van der Waals surface area contributed by atoms with Crippen LogP contribution in [0, 0.1) is 5.92 Å². The van der Waals surface area contributed by atoms with Crippen LogP contribution in [0.25, 0.3) is 0 Å². The normalized spacial score (nSPS) is 20.7. The van der Waals surface area contributed by atoms with Crippen LogP contribution in [0.2, 0.25) is 5.15 Å². The van der Waals surface area contributed by atoms with Crippen molar-refractivity contribution in [2.75, 3.05) is 19.6 Å². The molecule has 0 bridgehead atoms. The highest BCUT2D eigenvalue weighted by Gasteiger charge is 2.22. The van der Waals surface area contributed by atoms with Gasteiger partial charge in [-0.05, 0) is 31.8 Å². The Balaban J connectivity index is 1.91. The number of likely N-dealkylation sites (tertiary alicyclic amines) is 1. The molecule has 3 N–H and O–H groups in total. The summed E-state index contributed by atoms with van der Waals surface area (Å²) < 4.78 is 0. The number of halogens is 1. The van der Waals surface area contributed by atoms with Crippen molar-refractivity contribution in [1.82, 2.24) is 14.9 Å². The molecule has 0 unspecified atom stereocenters. The quantitative estimate of drug-likeness (QED) is 0.833. The smallest absolute Gasteiger partial charge is 0.151 e. The Hall–Kier alpha value is -0.580. The summed E-state index contributed by atoms with van der Waals surface area (Å²) in [5.41, 5.74) is 6.76. The van der Waals surface area contributed by atoms with Gasteiger partial charge in [0, 0.05) is 19.5 Å². The summed E-state index contributed by atoms with van der Waals surface area (Å²) >= 11 is 6.18. The molecule has 1 fully saturated rings. The van der Waals surface area contributed by atoms with Gasteiger partial charge in [0.2, 0.25) is 0 Å². The summed E-state index contributed by atoms with van der Waals surface area (Å²) in [7, 11) is 0. The van der Waals surface area contributed by atoms with Gasteiger partial charge >= 0.3 is 0 Å². The molecule has 5 heteroatoms. The Morgan fingerprint density at radius 1 is 1.56 bits per heavy atom. The second-order valence-corrected chi connectivity index (χ2v) is 5.54. The minimum atomic E-state index is 0.636. The molecule has 1 saturated heterocycles. The van der Waals surface area contributed by atoms with Crippen LogP contribution in [0.1, 0.15) is 37.7 Å². The van der Waals surface area contributed by atoms with E-state index >= 15 is 0 Å². The zero-order chi connectivity index (χ0) is 13.0. The van der Waals surface area contributed by atoms with Crippen LogP contribution in [0.3, 0.4) is 0 Å². The molecule has 0 radical (unpaired) electrons. The first-order valence-corrected chi connectivity index (χ1v) is 7.26. The fourth-order valence-corrected chi connectivity index (χ4v) is 2.69. The standard InChI is InChI=1S/C13H23ClN4/c1-2-3-4-12-16-11(13(14)17-12)9-18-6-5-10(7-15)8-18/h10H,2-9,15H2,1H3,(H,16,17)/t10-/m1/s1. The summed E-state index contributed by atoms with van der Waals surface area (Å²) in [4.78, 5) is 10.2. The Bertz CT molecular complexity index is 377. The van der Waals surface area contributed by atoms with Crippen molar-refractivity contribution in [2.45, 2.75) is 39.2 Å². The number of aromatic amines is 1. The van der Waals surface area contributed by atoms with E-state index in [-0.39, 0.29) is 0 Å². The minimum absolute atomic E-state index is 0.636. The summed E-state index contributed by atoms with van der Waals surface area (Å²) in [6.45, 7) is 6.03. The van der Waals surface area contributed by atoms with E-state index in [1.807, 2.05) is 0 Å². The van der Waals surface area contributed by atoms with E-state index in [1.165, 1.54) is 12.8 Å². The van der Waals surface area contributed by atoms with Gasteiger partial charge in [0.25, 0.3) is 0 Å². The lowest BCUT2D eigenvalue weighted by molar-refractivity contribution is 0.314. The van der Waals surface area contributed by atoms with Crippen molar-refractivity contribution in [3.05, 3.63) is 16.7 Å². The summed E-state index contributed by atoms with van der Waals surface area (Å²) in [5, 5.41) is 0.636. The first-order chi connectivity index (χ1) is 8.72. The lowest BCUT2D eigenvalue weighted by Gasteiger charge is -2.14. The number of hydrogen-bond donors (Lipinski definition) is 2. The number of rotatable bonds is 6. The molecule has 1 aromatic heterocycles. The Kier molecular flexibility index (Phi) is 5.03. The SMILES string of the molecule is CCCCc1nc(Cl)c(CN2CC[C@H](CN)C2)[nH]1. The first kappa shape index (κ1) is 13.8. The van der Waals surface area contributed by atoms with Crippen molar-refractivity contribution in [3.8, 4) is 0 Å². The lowest BCUT2D eigenvalue weighted by atomic mass is 10.1. The summed E-state index contributed by atoms with van der Waals surface area (Å²) in [5.74, 6) is 1.66. The number of imidazole rings is 1. The van der Waals surface area contributed by atoms with Crippen LogP contribution in [-0.4, -0.2) is 34.5 Å². The predicted molar refractivity (Wildman–Crippen MR) is 74.6 cm³/mol. The monoisotopic (exact) mass is 270 g/mol. The average Bonchev–Trinajstić information content (AvgIpc) is 2.95. The number of H-pyrrole nitrogens is 1. The van der Waals surface area contributed by atoms with Gasteiger partial charge in [-0.3, -0.25) is 4.90 Å². The van der Waals surface area contributed by atoms with E-state index < -0.39 is 0 Å². The number of aryl methyl sites for hydroxylation is 1. The maximum Gasteiger partial charge on any atom is 0.151 e. The predicted octanol–water partition coefficient (Wildman–Crippen LogP) is 2.19. The molecule has 102 valence electrons. The van der Waals surface area contributed by atoms with Crippen LogP contribution in [0.5, 0.6) is 0 Å². The zero-order valence-electron chi connectivity index (χ0n) is 11.1. The molecule has 1 aliphatic heterocycles. The highest BCUT2D eigenvalue weighted by molar-refractivity contribution is 6.30. The fourth-order valence-electron chi connectivity index (χ4n) is 2.48. The van der Waals surface area contributed by atoms with Crippen LogP contribution >= 0.6 is 11.6 Å². The largest absolute Gasteiger partial charge is 0.344 e. The number of aromatic nitrogens is 2. The fraction of sp³-hybridized carbons (Fsp3) is 0.769. The molecule has 1 aromatic rings. The van der Waals surface area contributed by atoms with Crippen molar-refractivity contribution in [1.29, 1.82) is 0 Å². The van der Waals surface area contributed by atoms with E-state index in [4.69, 9.17) is 17.3 Å². The number of nitrogens with one attached hydrogen (secondary N) is 1. The maximum absolute atomic E-state index is 6.18. The van der Waals surface area contributed by atoms with Crippen molar-refractivity contribution < 1.29 is 0 Å². The van der Waals surface area contributed by atoms with E-state index in [2.05, 4.69) is 21.8 Å². The lowest BCUT2D eigenvalue weighted by Crippen LogP contribution is -2.23. The molecular formula is C13H23ClN4. The molecule has 1 aliphatic rings. The second kappa shape index (κ2) is 6.55. The third kappa shape index (κ3) is 3.46. The molecule has 18 heavy (non-hydrogen) atoms. The molecule has 2 heterocycles. The Morgan fingerprint density at radius 3 is 3.06 bits per heavy atom. The molecule has 4 nitrogen and oxygen atoms in total. The third-order valence-electron chi connectivity index (χ3n) is 3.63. The number of nitrogens with zero attached hydrogens (tertiary/aromatic N) is 2. The van der Waals surface area contributed by atoms with Crippen molar-refractivity contribution in [3.63, 3.8) is 0 Å². The zero-order valence-corrected chi connectivity index (χ0v) is 11.8. The highest BCUT2D eigenvalue weighted by Crippen LogP contribution is 2.21. The molecule has 0 aliphatic carbocycles. The molecule has 0 spiro atoms. The topological polar surface area (TPSA) is 57.9 Å². The van der Waals surface area contributed by atoms with E-state index in [0.29, 0.717) is 11.1 Å². The molecular weight excluding hydrogens is 248 g/mol. The molecule has 2 rings (SSSR count). The molecule has 0 saturated carbocycles. The molecule has 1 atom stereocenters. The maximum atomic E-state index is 6.18. The van der Waals surface area contributed by atoms with Gasteiger partial charge in [0.05, 0.1) is 5.69 Å². The van der Waals surface area contributed by atoms with Gasteiger partial charge in [0.1, 0.15) is 5.82 Å². The Labute approximate surface area is 114 Å². The van der Waals surface area contributed by atoms with Gasteiger partial charge in [-0.15, -0.1) is 0 Å². The average molecular weight is 271 g/mol.